The van der Waals surface area contributed by atoms with E-state index in [1.807, 2.05) is 25.1 Å². The van der Waals surface area contributed by atoms with Gasteiger partial charge in [-0.25, -0.2) is 4.39 Å². The Hall–Kier alpha value is -3.67. The molecule has 32 heavy (non-hydrogen) atoms. The maximum Gasteiger partial charge on any atom is 0.258 e. The van der Waals surface area contributed by atoms with Crippen LogP contribution in [0.25, 0.3) is 0 Å². The molecule has 0 heterocycles. The third-order valence-corrected chi connectivity index (χ3v) is 5.27. The van der Waals surface area contributed by atoms with Crippen LogP contribution in [-0.2, 0) is 0 Å². The molecule has 0 saturated carbocycles. The monoisotopic (exact) mass is 433 g/mol. The lowest BCUT2D eigenvalue weighted by Crippen LogP contribution is -2.26. The number of nitrogens with zero attached hydrogens (tertiary/aromatic N) is 1. The molecule has 5 nitrogen and oxygen atoms in total. The molecule has 0 bridgehead atoms. The quantitative estimate of drug-likeness (QED) is 0.465. The zero-order valence-electron chi connectivity index (χ0n) is 18.4. The van der Waals surface area contributed by atoms with E-state index >= 15 is 0 Å². The van der Waals surface area contributed by atoms with E-state index in [4.69, 9.17) is 0 Å². The summed E-state index contributed by atoms with van der Waals surface area (Å²) in [5.74, 6) is -1.34. The minimum absolute atomic E-state index is 0.0396. The van der Waals surface area contributed by atoms with Gasteiger partial charge in [-0.15, -0.1) is 0 Å². The molecule has 3 aromatic rings. The standard InChI is InChI=1S/C26H28FN3O2/c1-19-14-15-20(18-24(19)29-26(32)22-12-6-7-13-23(22)27)25(31)28-16-8-9-17-30(2)21-10-4-3-5-11-21/h3-7,10-15,18H,8-9,16-17H2,1-2H3,(H,28,31)(H,29,32). The Morgan fingerprint density at radius 3 is 2.38 bits per heavy atom. The Balaban J connectivity index is 1.50. The van der Waals surface area contributed by atoms with E-state index in [1.165, 1.54) is 23.9 Å². The van der Waals surface area contributed by atoms with Crippen molar-refractivity contribution < 1.29 is 14.0 Å². The zero-order valence-corrected chi connectivity index (χ0v) is 18.4. The normalized spacial score (nSPS) is 10.5. The van der Waals surface area contributed by atoms with Gasteiger partial charge < -0.3 is 15.5 Å². The predicted molar refractivity (Wildman–Crippen MR) is 127 cm³/mol. The van der Waals surface area contributed by atoms with Crippen molar-refractivity contribution >= 4 is 23.2 Å². The van der Waals surface area contributed by atoms with Crippen LogP contribution in [0.3, 0.4) is 0 Å². The van der Waals surface area contributed by atoms with E-state index in [9.17, 15) is 14.0 Å². The van der Waals surface area contributed by atoms with Gasteiger partial charge >= 0.3 is 0 Å². The van der Waals surface area contributed by atoms with Gasteiger partial charge in [0.2, 0.25) is 0 Å². The molecule has 3 rings (SSSR count). The van der Waals surface area contributed by atoms with Crippen molar-refractivity contribution in [2.24, 2.45) is 0 Å². The molecule has 0 unspecified atom stereocenters. The number of carbonyl (C=O) groups is 2. The number of amides is 2. The maximum atomic E-state index is 13.9. The highest BCUT2D eigenvalue weighted by molar-refractivity contribution is 6.05. The number of hydrogen-bond acceptors (Lipinski definition) is 3. The van der Waals surface area contributed by atoms with Gasteiger partial charge in [0.25, 0.3) is 11.8 Å². The molecule has 3 aromatic carbocycles. The molecule has 166 valence electrons. The fourth-order valence-corrected chi connectivity index (χ4v) is 3.32. The maximum absolute atomic E-state index is 13.9. The molecule has 0 saturated heterocycles. The number of aryl methyl sites for hydroxylation is 1. The molecule has 2 amide bonds. The number of hydrogen-bond donors (Lipinski definition) is 2. The van der Waals surface area contributed by atoms with Crippen molar-refractivity contribution in [1.82, 2.24) is 5.32 Å². The summed E-state index contributed by atoms with van der Waals surface area (Å²) in [7, 11) is 2.05. The predicted octanol–water partition coefficient (Wildman–Crippen LogP) is 5.03. The molecule has 0 atom stereocenters. The number of benzene rings is 3. The minimum atomic E-state index is -0.588. The lowest BCUT2D eigenvalue weighted by Gasteiger charge is -2.19. The first-order valence-corrected chi connectivity index (χ1v) is 10.7. The van der Waals surface area contributed by atoms with E-state index < -0.39 is 11.7 Å². The number of unbranched alkanes of at least 4 members (excludes halogenated alkanes) is 1. The smallest absolute Gasteiger partial charge is 0.258 e. The second-order valence-corrected chi connectivity index (χ2v) is 7.68. The highest BCUT2D eigenvalue weighted by Crippen LogP contribution is 2.19. The first-order valence-electron chi connectivity index (χ1n) is 10.7. The zero-order chi connectivity index (χ0) is 22.9. The molecule has 0 aromatic heterocycles. The van der Waals surface area contributed by atoms with Crippen molar-refractivity contribution in [3.63, 3.8) is 0 Å². The van der Waals surface area contributed by atoms with E-state index in [0.717, 1.165) is 24.9 Å². The average molecular weight is 434 g/mol. The first-order chi connectivity index (χ1) is 15.5. The molecule has 0 aliphatic rings. The number of carbonyl (C=O) groups excluding carboxylic acids is 2. The van der Waals surface area contributed by atoms with Gasteiger partial charge in [0.1, 0.15) is 5.82 Å². The largest absolute Gasteiger partial charge is 0.375 e. The number of anilines is 2. The van der Waals surface area contributed by atoms with Crippen LogP contribution in [-0.4, -0.2) is 32.0 Å². The van der Waals surface area contributed by atoms with Crippen LogP contribution in [0.5, 0.6) is 0 Å². The lowest BCUT2D eigenvalue weighted by molar-refractivity contribution is 0.0951. The van der Waals surface area contributed by atoms with Crippen molar-refractivity contribution in [1.29, 1.82) is 0 Å². The summed E-state index contributed by atoms with van der Waals surface area (Å²) in [6.07, 6.45) is 1.80. The summed E-state index contributed by atoms with van der Waals surface area (Å²) in [6, 6.07) is 21.1. The van der Waals surface area contributed by atoms with Gasteiger partial charge in [0.05, 0.1) is 5.56 Å². The summed E-state index contributed by atoms with van der Waals surface area (Å²) in [5, 5.41) is 5.63. The molecule has 0 spiro atoms. The number of para-hydroxylation sites is 1. The molecule has 0 fully saturated rings. The molecule has 6 heteroatoms. The Labute approximate surface area is 188 Å². The Bertz CT molecular complexity index is 1070. The fourth-order valence-electron chi connectivity index (χ4n) is 3.32. The summed E-state index contributed by atoms with van der Waals surface area (Å²) >= 11 is 0. The number of nitrogens with one attached hydrogen (secondary N) is 2. The van der Waals surface area contributed by atoms with Crippen molar-refractivity contribution in [2.75, 3.05) is 30.4 Å². The van der Waals surface area contributed by atoms with Crippen LogP contribution >= 0.6 is 0 Å². The molecule has 2 N–H and O–H groups in total. The SMILES string of the molecule is Cc1ccc(C(=O)NCCCCN(C)c2ccccc2)cc1NC(=O)c1ccccc1F. The molecule has 0 aliphatic heterocycles. The van der Waals surface area contributed by atoms with Gasteiger partial charge in [0, 0.05) is 37.1 Å². The lowest BCUT2D eigenvalue weighted by atomic mass is 10.1. The van der Waals surface area contributed by atoms with Gasteiger partial charge in [-0.2, -0.15) is 0 Å². The third-order valence-electron chi connectivity index (χ3n) is 5.27. The average Bonchev–Trinajstić information content (AvgIpc) is 2.80. The van der Waals surface area contributed by atoms with Crippen LogP contribution in [0, 0.1) is 12.7 Å². The summed E-state index contributed by atoms with van der Waals surface area (Å²) in [6.45, 7) is 3.28. The Morgan fingerprint density at radius 1 is 0.906 bits per heavy atom. The van der Waals surface area contributed by atoms with Crippen molar-refractivity contribution in [3.8, 4) is 0 Å². The molecular formula is C26H28FN3O2. The van der Waals surface area contributed by atoms with Crippen molar-refractivity contribution in [3.05, 3.63) is 95.3 Å². The third kappa shape index (κ3) is 6.17. The summed E-state index contributed by atoms with van der Waals surface area (Å²) < 4.78 is 13.9. The number of halogens is 1. The van der Waals surface area contributed by atoms with Crippen molar-refractivity contribution in [2.45, 2.75) is 19.8 Å². The summed E-state index contributed by atoms with van der Waals surface area (Å²) in [4.78, 5) is 27.1. The topological polar surface area (TPSA) is 61.4 Å². The van der Waals surface area contributed by atoms with Crippen LogP contribution in [0.15, 0.2) is 72.8 Å². The van der Waals surface area contributed by atoms with E-state index in [0.29, 0.717) is 17.8 Å². The number of rotatable bonds is 9. The fraction of sp³-hybridized carbons (Fsp3) is 0.231. The highest BCUT2D eigenvalue weighted by Gasteiger charge is 2.14. The van der Waals surface area contributed by atoms with Gasteiger partial charge in [-0.05, 0) is 61.7 Å². The first kappa shape index (κ1) is 23.0. The Morgan fingerprint density at radius 2 is 1.62 bits per heavy atom. The van der Waals surface area contributed by atoms with Gasteiger partial charge in [-0.3, -0.25) is 9.59 Å². The summed E-state index contributed by atoms with van der Waals surface area (Å²) in [5.41, 5.74) is 2.84. The second-order valence-electron chi connectivity index (χ2n) is 7.68. The van der Waals surface area contributed by atoms with Crippen LogP contribution in [0.4, 0.5) is 15.8 Å². The van der Waals surface area contributed by atoms with Crippen LogP contribution in [0.2, 0.25) is 0 Å². The second kappa shape index (κ2) is 11.1. The Kier molecular flexibility index (Phi) is 7.97. The van der Waals surface area contributed by atoms with E-state index in [2.05, 4.69) is 34.7 Å². The molecular weight excluding hydrogens is 405 g/mol. The van der Waals surface area contributed by atoms with Crippen LogP contribution < -0.4 is 15.5 Å². The minimum Gasteiger partial charge on any atom is -0.375 e. The van der Waals surface area contributed by atoms with E-state index in [1.54, 1.807) is 24.3 Å². The molecule has 0 radical (unpaired) electrons. The van der Waals surface area contributed by atoms with Crippen LogP contribution in [0.1, 0.15) is 39.1 Å². The molecule has 0 aliphatic carbocycles. The van der Waals surface area contributed by atoms with Gasteiger partial charge in [-0.1, -0.05) is 36.4 Å². The van der Waals surface area contributed by atoms with E-state index in [-0.39, 0.29) is 11.5 Å². The van der Waals surface area contributed by atoms with Gasteiger partial charge in [0.15, 0.2) is 0 Å². The highest BCUT2D eigenvalue weighted by atomic mass is 19.1.